The fourth-order valence-corrected chi connectivity index (χ4v) is 2.68. The van der Waals surface area contributed by atoms with Crippen LogP contribution in [0.25, 0.3) is 0 Å². The van der Waals surface area contributed by atoms with Crippen molar-refractivity contribution < 1.29 is 17.9 Å². The molecule has 0 radical (unpaired) electrons. The third-order valence-electron chi connectivity index (χ3n) is 3.19. The van der Waals surface area contributed by atoms with Gasteiger partial charge in [-0.1, -0.05) is 0 Å². The van der Waals surface area contributed by atoms with Gasteiger partial charge in [-0.15, -0.1) is 0 Å². The van der Waals surface area contributed by atoms with E-state index >= 15 is 0 Å². The Morgan fingerprint density at radius 3 is 2.35 bits per heavy atom. The number of carbonyl (C=O) groups excluding carboxylic acids is 1. The average Bonchev–Trinajstić information content (AvgIpc) is 3.20. The third-order valence-corrected chi connectivity index (χ3v) is 4.32. The molecule has 2 rings (SSSR count). The van der Waals surface area contributed by atoms with Crippen molar-refractivity contribution in [1.29, 1.82) is 0 Å². The highest BCUT2D eigenvalue weighted by atomic mass is 32.2. The number of sulfone groups is 1. The van der Waals surface area contributed by atoms with Gasteiger partial charge < -0.3 is 9.64 Å². The van der Waals surface area contributed by atoms with Gasteiger partial charge in [0.15, 0.2) is 9.84 Å². The van der Waals surface area contributed by atoms with Crippen molar-refractivity contribution in [1.82, 2.24) is 0 Å². The molecule has 1 aliphatic rings. The van der Waals surface area contributed by atoms with E-state index in [1.165, 1.54) is 6.26 Å². The summed E-state index contributed by atoms with van der Waals surface area (Å²) in [6.45, 7) is 2.35. The zero-order chi connectivity index (χ0) is 14.8. The molecule has 0 spiro atoms. The minimum atomic E-state index is -3.19. The lowest BCUT2D eigenvalue weighted by Gasteiger charge is -2.23. The first kappa shape index (κ1) is 14.8. The summed E-state index contributed by atoms with van der Waals surface area (Å²) in [6.07, 6.45) is 3.28. The highest BCUT2D eigenvalue weighted by molar-refractivity contribution is 7.90. The van der Waals surface area contributed by atoms with E-state index in [0.717, 1.165) is 18.5 Å². The number of anilines is 1. The van der Waals surface area contributed by atoms with Crippen LogP contribution in [0.15, 0.2) is 29.2 Å². The molecule has 1 aliphatic carbocycles. The molecule has 20 heavy (non-hydrogen) atoms. The minimum absolute atomic E-state index is 0.205. The molecule has 0 aliphatic heterocycles. The summed E-state index contributed by atoms with van der Waals surface area (Å²) in [4.78, 5) is 13.9. The summed E-state index contributed by atoms with van der Waals surface area (Å²) in [5.41, 5.74) is 0.855. The predicted molar refractivity (Wildman–Crippen MR) is 76.6 cm³/mol. The van der Waals surface area contributed by atoms with Crippen LogP contribution in [0.2, 0.25) is 0 Å². The zero-order valence-corrected chi connectivity index (χ0v) is 12.5. The summed E-state index contributed by atoms with van der Waals surface area (Å²) in [5.74, 6) is -0.258. The molecular weight excluding hydrogens is 278 g/mol. The summed E-state index contributed by atoms with van der Waals surface area (Å²) < 4.78 is 27.8. The fourth-order valence-electron chi connectivity index (χ4n) is 2.05. The van der Waals surface area contributed by atoms with Crippen LogP contribution in [0, 0.1) is 0 Å². The standard InChI is InChI=1S/C14H19NO4S/c1-3-19-14(16)10-15(11-4-5-11)12-6-8-13(9-7-12)20(2,17)18/h6-9,11H,3-5,10H2,1-2H3. The molecule has 0 bridgehead atoms. The Balaban J connectivity index is 2.15. The van der Waals surface area contributed by atoms with Gasteiger partial charge in [-0.05, 0) is 44.0 Å². The van der Waals surface area contributed by atoms with Crippen molar-refractivity contribution in [3.05, 3.63) is 24.3 Å². The SMILES string of the molecule is CCOC(=O)CN(c1ccc(S(C)(=O)=O)cc1)C1CC1. The van der Waals surface area contributed by atoms with Crippen molar-refractivity contribution in [2.45, 2.75) is 30.7 Å². The minimum Gasteiger partial charge on any atom is -0.465 e. The lowest BCUT2D eigenvalue weighted by molar-refractivity contribution is -0.141. The van der Waals surface area contributed by atoms with Crippen LogP contribution in [0.5, 0.6) is 0 Å². The largest absolute Gasteiger partial charge is 0.465 e. The van der Waals surface area contributed by atoms with E-state index < -0.39 is 9.84 Å². The first-order valence-corrected chi connectivity index (χ1v) is 8.53. The Hall–Kier alpha value is -1.56. The number of benzene rings is 1. The van der Waals surface area contributed by atoms with Gasteiger partial charge in [0.25, 0.3) is 0 Å². The number of rotatable bonds is 6. The molecule has 0 unspecified atom stereocenters. The van der Waals surface area contributed by atoms with Gasteiger partial charge in [0.2, 0.25) is 0 Å². The summed E-state index contributed by atoms with van der Waals surface area (Å²) in [6, 6.07) is 6.99. The first-order chi connectivity index (χ1) is 9.41. The van der Waals surface area contributed by atoms with Crippen LogP contribution in [-0.4, -0.2) is 39.8 Å². The highest BCUT2D eigenvalue weighted by Crippen LogP contribution is 2.32. The molecule has 1 saturated carbocycles. The predicted octanol–water partition coefficient (Wildman–Crippen LogP) is 1.62. The summed E-state index contributed by atoms with van der Waals surface area (Å²) >= 11 is 0. The lowest BCUT2D eigenvalue weighted by Crippen LogP contribution is -2.32. The van der Waals surface area contributed by atoms with E-state index in [2.05, 4.69) is 0 Å². The Morgan fingerprint density at radius 1 is 1.30 bits per heavy atom. The molecule has 1 aromatic rings. The first-order valence-electron chi connectivity index (χ1n) is 6.64. The Kier molecular flexibility index (Phi) is 4.32. The normalized spacial score (nSPS) is 14.9. The maximum Gasteiger partial charge on any atom is 0.325 e. The smallest absolute Gasteiger partial charge is 0.325 e. The fraction of sp³-hybridized carbons (Fsp3) is 0.500. The molecule has 0 atom stereocenters. The number of carbonyl (C=O) groups is 1. The third kappa shape index (κ3) is 3.72. The van der Waals surface area contributed by atoms with Gasteiger partial charge in [-0.3, -0.25) is 4.79 Å². The van der Waals surface area contributed by atoms with Crippen LogP contribution in [-0.2, 0) is 19.4 Å². The molecule has 1 aromatic carbocycles. The van der Waals surface area contributed by atoms with E-state index in [9.17, 15) is 13.2 Å². The van der Waals surface area contributed by atoms with Gasteiger partial charge in [0.1, 0.15) is 6.54 Å². The molecule has 5 nitrogen and oxygen atoms in total. The number of nitrogens with zero attached hydrogens (tertiary/aromatic N) is 1. The molecule has 0 heterocycles. The van der Waals surface area contributed by atoms with Crippen molar-refractivity contribution in [3.63, 3.8) is 0 Å². The van der Waals surface area contributed by atoms with Crippen LogP contribution in [0.4, 0.5) is 5.69 Å². The van der Waals surface area contributed by atoms with Crippen molar-refractivity contribution >= 4 is 21.5 Å². The van der Waals surface area contributed by atoms with E-state index in [-0.39, 0.29) is 17.4 Å². The van der Waals surface area contributed by atoms with Gasteiger partial charge in [-0.2, -0.15) is 0 Å². The Bertz CT molecular complexity index is 576. The Morgan fingerprint density at radius 2 is 1.90 bits per heavy atom. The van der Waals surface area contributed by atoms with Gasteiger partial charge >= 0.3 is 5.97 Å². The van der Waals surface area contributed by atoms with Crippen molar-refractivity contribution in [2.24, 2.45) is 0 Å². The average molecular weight is 297 g/mol. The van der Waals surface area contributed by atoms with Crippen molar-refractivity contribution in [2.75, 3.05) is 24.3 Å². The molecule has 110 valence electrons. The number of hydrogen-bond acceptors (Lipinski definition) is 5. The molecule has 0 aromatic heterocycles. The van der Waals surface area contributed by atoms with Crippen LogP contribution in [0.1, 0.15) is 19.8 Å². The number of ether oxygens (including phenoxy) is 1. The van der Waals surface area contributed by atoms with Gasteiger partial charge in [-0.25, -0.2) is 8.42 Å². The van der Waals surface area contributed by atoms with E-state index in [0.29, 0.717) is 12.6 Å². The summed E-state index contributed by atoms with van der Waals surface area (Å²) in [5, 5.41) is 0. The molecule has 0 saturated heterocycles. The van der Waals surface area contributed by atoms with Crippen molar-refractivity contribution in [3.8, 4) is 0 Å². The van der Waals surface area contributed by atoms with Crippen LogP contribution >= 0.6 is 0 Å². The van der Waals surface area contributed by atoms with Gasteiger partial charge in [0.05, 0.1) is 11.5 Å². The van der Waals surface area contributed by atoms with Gasteiger partial charge in [0, 0.05) is 18.0 Å². The number of esters is 1. The maximum atomic E-state index is 11.6. The van der Waals surface area contributed by atoms with Crippen LogP contribution in [0.3, 0.4) is 0 Å². The summed E-state index contributed by atoms with van der Waals surface area (Å²) in [7, 11) is -3.19. The molecule has 6 heteroatoms. The molecular formula is C14H19NO4S. The highest BCUT2D eigenvalue weighted by Gasteiger charge is 2.31. The Labute approximate surface area is 119 Å². The second kappa shape index (κ2) is 5.83. The molecule has 0 amide bonds. The van der Waals surface area contributed by atoms with E-state index in [1.54, 1.807) is 31.2 Å². The van der Waals surface area contributed by atoms with Crippen LogP contribution < -0.4 is 4.90 Å². The zero-order valence-electron chi connectivity index (χ0n) is 11.7. The van der Waals surface area contributed by atoms with E-state index in [4.69, 9.17) is 4.74 Å². The number of hydrogen-bond donors (Lipinski definition) is 0. The molecule has 1 fully saturated rings. The second-order valence-corrected chi connectivity index (χ2v) is 6.95. The topological polar surface area (TPSA) is 63.7 Å². The van der Waals surface area contributed by atoms with E-state index in [1.807, 2.05) is 4.90 Å². The quantitative estimate of drug-likeness (QED) is 0.747. The lowest BCUT2D eigenvalue weighted by atomic mass is 10.2. The monoisotopic (exact) mass is 297 g/mol. The second-order valence-electron chi connectivity index (χ2n) is 4.93. The molecule has 0 N–H and O–H groups in total. The maximum absolute atomic E-state index is 11.6.